The smallest absolute Gasteiger partial charge is 0.173 e. The summed E-state index contributed by atoms with van der Waals surface area (Å²) in [6, 6.07) is 0. The summed E-state index contributed by atoms with van der Waals surface area (Å²) in [6.07, 6.45) is 1.39. The van der Waals surface area contributed by atoms with Gasteiger partial charge in [0.1, 0.15) is 0 Å². The molecule has 0 aliphatic heterocycles. The molecule has 0 heterocycles. The van der Waals surface area contributed by atoms with Crippen LogP contribution in [-0.2, 0) is 5.11 Å². The number of hydrogen-bond acceptors (Lipinski definition) is 1. The minimum absolute atomic E-state index is 0.170. The highest BCUT2D eigenvalue weighted by atomic mass is 16.2. The van der Waals surface area contributed by atoms with Crippen LogP contribution in [0.25, 0.3) is 0 Å². The molecule has 0 aromatic rings. The van der Waals surface area contributed by atoms with E-state index in [0.29, 0.717) is 0 Å². The Morgan fingerprint density at radius 2 is 2.40 bits per heavy atom. The third kappa shape index (κ3) is 3.32. The van der Waals surface area contributed by atoms with Crippen LogP contribution >= 0.6 is 0 Å². The van der Waals surface area contributed by atoms with Crippen molar-refractivity contribution in [1.82, 2.24) is 0 Å². The van der Waals surface area contributed by atoms with E-state index < -0.39 is 0 Å². The van der Waals surface area contributed by atoms with Crippen molar-refractivity contribution in [1.29, 1.82) is 0 Å². The van der Waals surface area contributed by atoms with Crippen LogP contribution in [-0.4, -0.2) is 6.54 Å². The number of hydrogen-bond donors (Lipinski definition) is 1. The lowest BCUT2D eigenvalue weighted by molar-refractivity contribution is 0.391. The molecule has 2 nitrogen and oxygen atoms in total. The molecule has 2 heteroatoms. The minimum Gasteiger partial charge on any atom is -0.320 e. The minimum atomic E-state index is 0.170. The normalized spacial score (nSPS) is 5.00. The van der Waals surface area contributed by atoms with Crippen LogP contribution in [0.4, 0.5) is 0 Å². The summed E-state index contributed by atoms with van der Waals surface area (Å²) in [5.41, 5.74) is 4.77. The van der Waals surface area contributed by atoms with Gasteiger partial charge in [0.2, 0.25) is 0 Å². The van der Waals surface area contributed by atoms with Crippen LogP contribution < -0.4 is 5.73 Å². The first-order chi connectivity index (χ1) is 2.41. The average Bonchev–Trinajstić information content (AvgIpc) is 1.41. The first-order valence-corrected chi connectivity index (χ1v) is 1.22. The predicted octanol–water partition coefficient (Wildman–Crippen LogP) is -0.663. The van der Waals surface area contributed by atoms with Gasteiger partial charge in [0.25, 0.3) is 0 Å². The molecular weight excluding hydrogens is 66.0 g/mol. The molecule has 0 unspecified atom stereocenters. The van der Waals surface area contributed by atoms with E-state index >= 15 is 0 Å². The largest absolute Gasteiger partial charge is 0.320 e. The monoisotopic (exact) mass is 70.0 g/mol. The molecule has 0 aromatic carbocycles. The maximum Gasteiger partial charge on any atom is 0.173 e. The molecule has 1 radical (unpaired) electrons. The molecule has 0 aliphatic rings. The Kier molecular flexibility index (Phi) is 2.87. The summed E-state index contributed by atoms with van der Waals surface area (Å²) in [5, 5.41) is 9.09. The lowest BCUT2D eigenvalue weighted by atomic mass is 10.7. The maximum absolute atomic E-state index is 9.09. The molecule has 0 spiro atoms. The van der Waals surface area contributed by atoms with Gasteiger partial charge in [-0.05, 0) is 5.92 Å². The number of rotatable bonds is 0. The van der Waals surface area contributed by atoms with E-state index in [1.165, 1.54) is 6.11 Å². The van der Waals surface area contributed by atoms with Gasteiger partial charge in [-0.15, -0.1) is 0 Å². The van der Waals surface area contributed by atoms with Gasteiger partial charge in [-0.2, -0.15) is 0 Å². The maximum atomic E-state index is 9.09. The van der Waals surface area contributed by atoms with Crippen LogP contribution in [0.1, 0.15) is 0 Å². The van der Waals surface area contributed by atoms with Crippen LogP contribution in [0.3, 0.4) is 0 Å². The van der Waals surface area contributed by atoms with Crippen molar-refractivity contribution in [3.05, 3.63) is 0 Å². The van der Waals surface area contributed by atoms with E-state index in [-0.39, 0.29) is 6.54 Å². The van der Waals surface area contributed by atoms with Crippen LogP contribution in [0, 0.1) is 12.0 Å². The van der Waals surface area contributed by atoms with Crippen molar-refractivity contribution < 1.29 is 5.11 Å². The third-order valence-electron chi connectivity index (χ3n) is 0.174. The fraction of sp³-hybridized carbons (Fsp3) is 0.333. The Bertz CT molecular complexity index is 59.0. The lowest BCUT2D eigenvalue weighted by Crippen LogP contribution is -1.92. The fourth-order valence-corrected chi connectivity index (χ4v) is 0.0417. The van der Waals surface area contributed by atoms with Gasteiger partial charge in [-0.1, -0.05) is 0 Å². The van der Waals surface area contributed by atoms with E-state index in [2.05, 4.69) is 5.92 Å². The van der Waals surface area contributed by atoms with Gasteiger partial charge in [-0.25, -0.2) is 5.11 Å². The Morgan fingerprint density at radius 1 is 1.80 bits per heavy atom. The lowest BCUT2D eigenvalue weighted by Gasteiger charge is -1.57. The van der Waals surface area contributed by atoms with Crippen LogP contribution in [0.2, 0.25) is 0 Å². The molecular formula is C3H4NO. The highest BCUT2D eigenvalue weighted by Gasteiger charge is 1.51. The highest BCUT2D eigenvalue weighted by molar-refractivity contribution is 4.89. The fourth-order valence-electron chi connectivity index (χ4n) is 0.0417. The molecule has 0 saturated carbocycles. The Labute approximate surface area is 30.6 Å². The van der Waals surface area contributed by atoms with Crippen molar-refractivity contribution in [2.45, 2.75) is 0 Å². The molecule has 0 saturated heterocycles. The van der Waals surface area contributed by atoms with Gasteiger partial charge in [0.15, 0.2) is 6.11 Å². The summed E-state index contributed by atoms with van der Waals surface area (Å²) in [7, 11) is 0. The zero-order chi connectivity index (χ0) is 4.12. The van der Waals surface area contributed by atoms with Crippen molar-refractivity contribution in [3.63, 3.8) is 0 Å². The SMILES string of the molecule is NCC#C[O]. The predicted molar refractivity (Wildman–Crippen MR) is 17.5 cm³/mol. The molecule has 27 valence electrons. The van der Waals surface area contributed by atoms with E-state index in [1.54, 1.807) is 0 Å². The van der Waals surface area contributed by atoms with Gasteiger partial charge >= 0.3 is 0 Å². The van der Waals surface area contributed by atoms with Crippen molar-refractivity contribution >= 4 is 0 Å². The molecule has 0 aliphatic carbocycles. The van der Waals surface area contributed by atoms with Crippen molar-refractivity contribution in [3.8, 4) is 12.0 Å². The van der Waals surface area contributed by atoms with Gasteiger partial charge in [0, 0.05) is 0 Å². The Balaban J connectivity index is 2.81. The second-order valence-corrected chi connectivity index (χ2v) is 0.483. The first-order valence-electron chi connectivity index (χ1n) is 1.22. The molecule has 0 bridgehead atoms. The summed E-state index contributed by atoms with van der Waals surface area (Å²) in [4.78, 5) is 0. The Morgan fingerprint density at radius 3 is 2.40 bits per heavy atom. The van der Waals surface area contributed by atoms with E-state index in [1.807, 2.05) is 0 Å². The van der Waals surface area contributed by atoms with E-state index in [0.717, 1.165) is 0 Å². The highest BCUT2D eigenvalue weighted by Crippen LogP contribution is 1.36. The second-order valence-electron chi connectivity index (χ2n) is 0.483. The van der Waals surface area contributed by atoms with Crippen LogP contribution in [0.5, 0.6) is 0 Å². The summed E-state index contributed by atoms with van der Waals surface area (Å²) in [5.74, 6) is 2.08. The standard InChI is InChI=1S/C3H4NO/c4-2-1-3-5/h2,4H2. The first kappa shape index (κ1) is 4.32. The van der Waals surface area contributed by atoms with Gasteiger partial charge in [-0.3, -0.25) is 0 Å². The molecule has 2 N–H and O–H groups in total. The zero-order valence-corrected chi connectivity index (χ0v) is 2.69. The molecule has 0 aromatic heterocycles. The summed E-state index contributed by atoms with van der Waals surface area (Å²) < 4.78 is 0. The zero-order valence-electron chi connectivity index (χ0n) is 2.69. The molecule has 5 heavy (non-hydrogen) atoms. The van der Waals surface area contributed by atoms with Crippen molar-refractivity contribution in [2.75, 3.05) is 6.54 Å². The number of nitrogens with two attached hydrogens (primary N) is 1. The molecule has 0 rings (SSSR count). The van der Waals surface area contributed by atoms with Crippen molar-refractivity contribution in [2.24, 2.45) is 5.73 Å². The molecule has 0 atom stereocenters. The third-order valence-corrected chi connectivity index (χ3v) is 0.174. The van der Waals surface area contributed by atoms with Crippen LogP contribution in [0.15, 0.2) is 0 Å². The van der Waals surface area contributed by atoms with E-state index in [9.17, 15) is 0 Å². The summed E-state index contributed by atoms with van der Waals surface area (Å²) >= 11 is 0. The molecule has 0 fully saturated rings. The summed E-state index contributed by atoms with van der Waals surface area (Å²) in [6.45, 7) is 0.170. The van der Waals surface area contributed by atoms with E-state index in [4.69, 9.17) is 10.8 Å². The molecule has 0 amide bonds. The Hall–Kier alpha value is -0.680. The average molecular weight is 70.1 g/mol. The topological polar surface area (TPSA) is 45.9 Å². The van der Waals surface area contributed by atoms with Gasteiger partial charge < -0.3 is 5.73 Å². The second kappa shape index (κ2) is 3.32. The van der Waals surface area contributed by atoms with Gasteiger partial charge in [0.05, 0.1) is 6.54 Å². The quantitative estimate of drug-likeness (QED) is 0.378.